The van der Waals surface area contributed by atoms with Crippen molar-refractivity contribution >= 4 is 11.9 Å². The molecule has 8 nitrogen and oxygen atoms in total. The van der Waals surface area contributed by atoms with Crippen molar-refractivity contribution in [2.75, 3.05) is 6.54 Å². The summed E-state index contributed by atoms with van der Waals surface area (Å²) in [6.07, 6.45) is 6.42. The quantitative estimate of drug-likeness (QED) is 0.463. The standard InChI is InChI=1S/C22H31N5O3/c1-3-26(19-13-7-8-14-20(19)30-17(2)28)22(29)16-10-9-15-21-23-24-25-27(21)18-11-5-4-6-12-18/h4-6,11-12,19-20H,3,7-10,13-16H2,1-2H3. The Morgan fingerprint density at radius 1 is 1.17 bits per heavy atom. The van der Waals surface area contributed by atoms with Crippen molar-refractivity contribution in [2.45, 2.75) is 77.4 Å². The van der Waals surface area contributed by atoms with Gasteiger partial charge < -0.3 is 9.64 Å². The van der Waals surface area contributed by atoms with E-state index in [-0.39, 0.29) is 24.0 Å². The Kier molecular flexibility index (Phi) is 7.93. The van der Waals surface area contributed by atoms with Crippen LogP contribution in [0.3, 0.4) is 0 Å². The summed E-state index contributed by atoms with van der Waals surface area (Å²) in [5, 5.41) is 12.0. The molecule has 0 aliphatic heterocycles. The fourth-order valence-electron chi connectivity index (χ4n) is 4.21. The maximum absolute atomic E-state index is 12.9. The van der Waals surface area contributed by atoms with Crippen LogP contribution in [0, 0.1) is 0 Å². The molecule has 1 aromatic heterocycles. The average Bonchev–Trinajstić information content (AvgIpc) is 3.22. The van der Waals surface area contributed by atoms with Gasteiger partial charge in [0.05, 0.1) is 11.7 Å². The molecule has 162 valence electrons. The van der Waals surface area contributed by atoms with E-state index in [9.17, 15) is 9.59 Å². The van der Waals surface area contributed by atoms with Gasteiger partial charge in [-0.05, 0) is 61.6 Å². The molecular weight excluding hydrogens is 382 g/mol. The third-order valence-electron chi connectivity index (χ3n) is 5.62. The number of aromatic nitrogens is 4. The molecule has 1 fully saturated rings. The third-order valence-corrected chi connectivity index (χ3v) is 5.62. The van der Waals surface area contributed by atoms with E-state index < -0.39 is 0 Å². The SMILES string of the molecule is CCN(C(=O)CCCCc1nnnn1-c1ccccc1)C1CCCCC1OC(C)=O. The normalized spacial score (nSPS) is 18.7. The van der Waals surface area contributed by atoms with Crippen molar-refractivity contribution in [3.63, 3.8) is 0 Å². The van der Waals surface area contributed by atoms with E-state index in [1.807, 2.05) is 42.2 Å². The van der Waals surface area contributed by atoms with Crippen molar-refractivity contribution in [3.05, 3.63) is 36.2 Å². The molecule has 1 aliphatic carbocycles. The summed E-state index contributed by atoms with van der Waals surface area (Å²) in [6.45, 7) is 4.06. The first-order chi connectivity index (χ1) is 14.6. The van der Waals surface area contributed by atoms with Crippen LogP contribution in [0.2, 0.25) is 0 Å². The molecule has 2 atom stereocenters. The second-order valence-electron chi connectivity index (χ2n) is 7.73. The lowest BCUT2D eigenvalue weighted by Crippen LogP contribution is -2.49. The van der Waals surface area contributed by atoms with Crippen molar-refractivity contribution < 1.29 is 14.3 Å². The maximum atomic E-state index is 12.9. The summed E-state index contributed by atoms with van der Waals surface area (Å²) in [5.74, 6) is 0.652. The first kappa shape index (κ1) is 21.9. The Morgan fingerprint density at radius 2 is 1.93 bits per heavy atom. The molecule has 2 aromatic rings. The van der Waals surface area contributed by atoms with Gasteiger partial charge in [0.15, 0.2) is 5.82 Å². The second-order valence-corrected chi connectivity index (χ2v) is 7.73. The molecule has 1 saturated carbocycles. The number of aryl methyl sites for hydroxylation is 1. The molecule has 2 unspecified atom stereocenters. The zero-order valence-corrected chi connectivity index (χ0v) is 17.9. The molecule has 0 N–H and O–H groups in total. The van der Waals surface area contributed by atoms with Crippen molar-refractivity contribution in [1.82, 2.24) is 25.1 Å². The van der Waals surface area contributed by atoms with Crippen LogP contribution in [-0.2, 0) is 20.7 Å². The summed E-state index contributed by atoms with van der Waals surface area (Å²) in [5.41, 5.74) is 0.930. The monoisotopic (exact) mass is 413 g/mol. The van der Waals surface area contributed by atoms with Gasteiger partial charge in [-0.1, -0.05) is 24.6 Å². The Balaban J connectivity index is 1.51. The zero-order chi connectivity index (χ0) is 21.3. The number of unbranched alkanes of at least 4 members (excludes halogenated alkanes) is 1. The lowest BCUT2D eigenvalue weighted by atomic mass is 9.90. The molecule has 3 rings (SSSR count). The number of benzene rings is 1. The number of nitrogens with zero attached hydrogens (tertiary/aromatic N) is 5. The number of esters is 1. The number of carbonyl (C=O) groups excluding carboxylic acids is 2. The van der Waals surface area contributed by atoms with Gasteiger partial charge in [0.25, 0.3) is 0 Å². The maximum Gasteiger partial charge on any atom is 0.302 e. The number of carbonyl (C=O) groups is 2. The molecule has 0 radical (unpaired) electrons. The van der Waals surface area contributed by atoms with Gasteiger partial charge in [-0.3, -0.25) is 9.59 Å². The number of hydrogen-bond acceptors (Lipinski definition) is 6. The Morgan fingerprint density at radius 3 is 2.67 bits per heavy atom. The number of rotatable bonds is 9. The average molecular weight is 414 g/mol. The minimum Gasteiger partial charge on any atom is -0.460 e. The summed E-state index contributed by atoms with van der Waals surface area (Å²) in [6, 6.07) is 9.78. The van der Waals surface area contributed by atoms with Crippen LogP contribution in [-0.4, -0.2) is 55.7 Å². The highest BCUT2D eigenvalue weighted by Gasteiger charge is 2.33. The van der Waals surface area contributed by atoms with E-state index in [1.165, 1.54) is 6.92 Å². The van der Waals surface area contributed by atoms with Crippen LogP contribution in [0.5, 0.6) is 0 Å². The van der Waals surface area contributed by atoms with Crippen LogP contribution >= 0.6 is 0 Å². The Hall–Kier alpha value is -2.77. The number of ether oxygens (including phenoxy) is 1. The van der Waals surface area contributed by atoms with Gasteiger partial charge in [-0.25, -0.2) is 0 Å². The van der Waals surface area contributed by atoms with Gasteiger partial charge >= 0.3 is 5.97 Å². The van der Waals surface area contributed by atoms with Crippen LogP contribution in [0.25, 0.3) is 5.69 Å². The van der Waals surface area contributed by atoms with E-state index in [0.29, 0.717) is 19.4 Å². The van der Waals surface area contributed by atoms with Crippen LogP contribution in [0.1, 0.15) is 64.6 Å². The van der Waals surface area contributed by atoms with Crippen LogP contribution in [0.15, 0.2) is 30.3 Å². The van der Waals surface area contributed by atoms with Gasteiger partial charge in [0.1, 0.15) is 6.10 Å². The molecular formula is C22H31N5O3. The van der Waals surface area contributed by atoms with Gasteiger partial charge in [-0.15, -0.1) is 5.10 Å². The van der Waals surface area contributed by atoms with E-state index in [0.717, 1.165) is 50.0 Å². The summed E-state index contributed by atoms with van der Waals surface area (Å²) < 4.78 is 7.25. The van der Waals surface area contributed by atoms with Gasteiger partial charge in [0.2, 0.25) is 5.91 Å². The molecule has 1 aromatic carbocycles. The molecule has 0 spiro atoms. The largest absolute Gasteiger partial charge is 0.460 e. The van der Waals surface area contributed by atoms with E-state index in [4.69, 9.17) is 4.74 Å². The summed E-state index contributed by atoms with van der Waals surface area (Å²) in [4.78, 5) is 26.2. The van der Waals surface area contributed by atoms with Crippen molar-refractivity contribution in [3.8, 4) is 5.69 Å². The van der Waals surface area contributed by atoms with E-state index >= 15 is 0 Å². The zero-order valence-electron chi connectivity index (χ0n) is 17.9. The molecule has 1 heterocycles. The van der Waals surface area contributed by atoms with Crippen molar-refractivity contribution in [2.24, 2.45) is 0 Å². The van der Waals surface area contributed by atoms with Crippen LogP contribution in [0.4, 0.5) is 0 Å². The predicted octanol–water partition coefficient (Wildman–Crippen LogP) is 3.10. The van der Waals surface area contributed by atoms with Crippen LogP contribution < -0.4 is 0 Å². The Labute approximate surface area is 177 Å². The number of amides is 1. The lowest BCUT2D eigenvalue weighted by molar-refractivity contribution is -0.156. The molecule has 1 aliphatic rings. The lowest BCUT2D eigenvalue weighted by Gasteiger charge is -2.39. The highest BCUT2D eigenvalue weighted by molar-refractivity contribution is 5.76. The van der Waals surface area contributed by atoms with Crippen molar-refractivity contribution in [1.29, 1.82) is 0 Å². The van der Waals surface area contributed by atoms with Gasteiger partial charge in [0, 0.05) is 26.3 Å². The predicted molar refractivity (Wildman–Crippen MR) is 112 cm³/mol. The van der Waals surface area contributed by atoms with E-state index in [2.05, 4.69) is 15.5 Å². The topological polar surface area (TPSA) is 90.2 Å². The molecule has 8 heteroatoms. The van der Waals surface area contributed by atoms with Gasteiger partial charge in [-0.2, -0.15) is 4.68 Å². The number of para-hydroxylation sites is 1. The summed E-state index contributed by atoms with van der Waals surface area (Å²) in [7, 11) is 0. The van der Waals surface area contributed by atoms with E-state index in [1.54, 1.807) is 4.68 Å². The molecule has 1 amide bonds. The minimum atomic E-state index is -0.272. The molecule has 0 bridgehead atoms. The highest BCUT2D eigenvalue weighted by Crippen LogP contribution is 2.26. The number of hydrogen-bond donors (Lipinski definition) is 0. The Bertz CT molecular complexity index is 823. The number of likely N-dealkylation sites (N-methyl/N-ethyl adjacent to an activating group) is 1. The third kappa shape index (κ3) is 5.64. The molecule has 0 saturated heterocycles. The smallest absolute Gasteiger partial charge is 0.302 e. The first-order valence-corrected chi connectivity index (χ1v) is 10.9. The second kappa shape index (κ2) is 10.8. The fraction of sp³-hybridized carbons (Fsp3) is 0.591. The first-order valence-electron chi connectivity index (χ1n) is 10.9. The minimum absolute atomic E-state index is 0.00877. The fourth-order valence-corrected chi connectivity index (χ4v) is 4.21. The highest BCUT2D eigenvalue weighted by atomic mass is 16.5. The summed E-state index contributed by atoms with van der Waals surface area (Å²) >= 11 is 0. The number of tetrazole rings is 1. The molecule has 30 heavy (non-hydrogen) atoms.